The van der Waals surface area contributed by atoms with Gasteiger partial charge in [0.1, 0.15) is 0 Å². The molecule has 3 aliphatic rings. The molecule has 136 valence electrons. The van der Waals surface area contributed by atoms with Crippen molar-refractivity contribution in [3.8, 4) is 0 Å². The summed E-state index contributed by atoms with van der Waals surface area (Å²) in [6.45, 7) is 9.52. The lowest BCUT2D eigenvalue weighted by Crippen LogP contribution is -2.59. The van der Waals surface area contributed by atoms with Crippen LogP contribution in [0.15, 0.2) is 11.6 Å². The fourth-order valence-corrected chi connectivity index (χ4v) is 6.58. The van der Waals surface area contributed by atoms with Crippen LogP contribution in [0.2, 0.25) is 0 Å². The van der Waals surface area contributed by atoms with E-state index in [9.17, 15) is 9.90 Å². The van der Waals surface area contributed by atoms with Crippen LogP contribution in [0.1, 0.15) is 79.1 Å². The summed E-state index contributed by atoms with van der Waals surface area (Å²) in [5, 5.41) is 11.5. The second kappa shape index (κ2) is 6.16. The summed E-state index contributed by atoms with van der Waals surface area (Å²) in [6.07, 6.45) is 10.0. The van der Waals surface area contributed by atoms with Gasteiger partial charge in [0.05, 0.1) is 12.2 Å². The van der Waals surface area contributed by atoms with Crippen LogP contribution in [0.25, 0.3) is 0 Å². The van der Waals surface area contributed by atoms with Crippen LogP contribution in [0, 0.1) is 22.7 Å². The van der Waals surface area contributed by atoms with Gasteiger partial charge in [-0.05, 0) is 74.5 Å². The third-order valence-corrected chi connectivity index (χ3v) is 7.48. The Morgan fingerprint density at radius 1 is 1.21 bits per heavy atom. The Morgan fingerprint density at radius 2 is 1.96 bits per heavy atom. The number of carbonyl (C=O) groups excluding carboxylic acids is 1. The van der Waals surface area contributed by atoms with Gasteiger partial charge in [0.25, 0.3) is 0 Å². The van der Waals surface area contributed by atoms with E-state index in [2.05, 4.69) is 20.8 Å². The highest BCUT2D eigenvalue weighted by Crippen LogP contribution is 2.65. The number of rotatable bonds is 2. The van der Waals surface area contributed by atoms with Gasteiger partial charge >= 0.3 is 5.97 Å². The quantitative estimate of drug-likeness (QED) is 0.591. The molecule has 24 heavy (non-hydrogen) atoms. The van der Waals surface area contributed by atoms with E-state index < -0.39 is 5.60 Å². The lowest BCUT2D eigenvalue weighted by Gasteiger charge is -2.63. The van der Waals surface area contributed by atoms with Crippen molar-refractivity contribution in [1.29, 1.82) is 0 Å². The summed E-state index contributed by atoms with van der Waals surface area (Å²) < 4.78 is 5.05. The van der Waals surface area contributed by atoms with Crippen LogP contribution in [0.5, 0.6) is 0 Å². The minimum atomic E-state index is -0.630. The van der Waals surface area contributed by atoms with E-state index in [4.69, 9.17) is 4.74 Å². The van der Waals surface area contributed by atoms with Crippen molar-refractivity contribution in [2.45, 2.75) is 84.7 Å². The molecular weight excluding hydrogens is 300 g/mol. The van der Waals surface area contributed by atoms with Gasteiger partial charge in [0.15, 0.2) is 0 Å². The number of ether oxygens (including phenoxy) is 1. The van der Waals surface area contributed by atoms with Crippen molar-refractivity contribution in [2.24, 2.45) is 22.7 Å². The molecular formula is C21H34O3. The molecule has 3 saturated carbocycles. The molecule has 0 radical (unpaired) electrons. The number of fused-ring (bicyclic) bond motifs is 3. The third kappa shape index (κ3) is 2.94. The van der Waals surface area contributed by atoms with Crippen LogP contribution >= 0.6 is 0 Å². The van der Waals surface area contributed by atoms with Crippen LogP contribution in [0.3, 0.4) is 0 Å². The third-order valence-electron chi connectivity index (χ3n) is 7.48. The summed E-state index contributed by atoms with van der Waals surface area (Å²) in [5.41, 5.74) is 1.07. The molecule has 0 saturated heterocycles. The van der Waals surface area contributed by atoms with Crippen molar-refractivity contribution in [3.05, 3.63) is 11.6 Å². The van der Waals surface area contributed by atoms with Crippen molar-refractivity contribution in [2.75, 3.05) is 6.61 Å². The summed E-state index contributed by atoms with van der Waals surface area (Å²) in [7, 11) is 0. The molecule has 3 nitrogen and oxygen atoms in total. The molecule has 0 heterocycles. The normalized spacial score (nSPS) is 43.0. The first kappa shape index (κ1) is 18.0. The highest BCUT2D eigenvalue weighted by molar-refractivity contribution is 5.82. The zero-order chi connectivity index (χ0) is 17.6. The molecule has 0 spiro atoms. The minimum absolute atomic E-state index is 0.240. The Hall–Kier alpha value is -0.830. The molecule has 3 rings (SSSR count). The van der Waals surface area contributed by atoms with E-state index in [0.29, 0.717) is 30.3 Å². The lowest BCUT2D eigenvalue weighted by molar-refractivity contribution is -0.182. The molecule has 3 aliphatic carbocycles. The van der Waals surface area contributed by atoms with Gasteiger partial charge in [0.2, 0.25) is 0 Å². The van der Waals surface area contributed by atoms with Gasteiger partial charge < -0.3 is 9.84 Å². The molecule has 0 bridgehead atoms. The second-order valence-corrected chi connectivity index (χ2v) is 9.37. The monoisotopic (exact) mass is 334 g/mol. The predicted molar refractivity (Wildman–Crippen MR) is 95.5 cm³/mol. The van der Waals surface area contributed by atoms with Crippen molar-refractivity contribution in [1.82, 2.24) is 0 Å². The average Bonchev–Trinajstić information content (AvgIpc) is 2.45. The fourth-order valence-electron chi connectivity index (χ4n) is 6.58. The SMILES string of the molecule is CCOC(=O)C=C1CCC2C(O)(CCC3C(C)(C)CCCC32C)C1. The second-order valence-electron chi connectivity index (χ2n) is 9.37. The standard InChI is InChI=1S/C21H34O3/c1-5-24-18(22)13-15-7-8-17-20(4)11-6-10-19(2,3)16(20)9-12-21(17,23)14-15/h13,16-17,23H,5-12,14H2,1-4H3. The Balaban J connectivity index is 1.83. The first-order valence-corrected chi connectivity index (χ1v) is 9.80. The molecule has 0 aliphatic heterocycles. The molecule has 1 N–H and O–H groups in total. The van der Waals surface area contributed by atoms with E-state index in [1.807, 2.05) is 6.92 Å². The molecule has 0 aromatic heterocycles. The Morgan fingerprint density at radius 3 is 2.67 bits per heavy atom. The highest BCUT2D eigenvalue weighted by Gasteiger charge is 2.60. The maximum absolute atomic E-state index is 11.8. The number of esters is 1. The molecule has 3 fully saturated rings. The fraction of sp³-hybridized carbons (Fsp3) is 0.857. The van der Waals surface area contributed by atoms with Gasteiger partial charge in [0, 0.05) is 6.08 Å². The van der Waals surface area contributed by atoms with E-state index in [1.54, 1.807) is 6.08 Å². The summed E-state index contributed by atoms with van der Waals surface area (Å²) in [4.78, 5) is 11.8. The number of hydrogen-bond donors (Lipinski definition) is 1. The zero-order valence-corrected chi connectivity index (χ0v) is 15.9. The molecule has 0 amide bonds. The maximum atomic E-state index is 11.8. The Bertz CT molecular complexity index is 535. The molecule has 0 aromatic rings. The van der Waals surface area contributed by atoms with Crippen LogP contribution in [0.4, 0.5) is 0 Å². The van der Waals surface area contributed by atoms with Gasteiger partial charge in [-0.15, -0.1) is 0 Å². The first-order valence-electron chi connectivity index (χ1n) is 9.80. The summed E-state index contributed by atoms with van der Waals surface area (Å²) in [6, 6.07) is 0. The Labute approximate surface area is 146 Å². The summed E-state index contributed by atoms with van der Waals surface area (Å²) >= 11 is 0. The van der Waals surface area contributed by atoms with Crippen molar-refractivity contribution < 1.29 is 14.6 Å². The zero-order valence-electron chi connectivity index (χ0n) is 15.9. The topological polar surface area (TPSA) is 46.5 Å². The van der Waals surface area contributed by atoms with Gasteiger partial charge in [-0.25, -0.2) is 4.79 Å². The molecule has 0 aromatic carbocycles. The van der Waals surface area contributed by atoms with Crippen LogP contribution in [-0.4, -0.2) is 23.3 Å². The molecule has 3 heteroatoms. The smallest absolute Gasteiger partial charge is 0.330 e. The predicted octanol–water partition coefficient (Wildman–Crippen LogP) is 4.63. The number of hydrogen-bond acceptors (Lipinski definition) is 3. The summed E-state index contributed by atoms with van der Waals surface area (Å²) in [5.74, 6) is 0.815. The Kier molecular flexibility index (Phi) is 4.61. The van der Waals surface area contributed by atoms with E-state index >= 15 is 0 Å². The van der Waals surface area contributed by atoms with E-state index in [1.165, 1.54) is 19.3 Å². The largest absolute Gasteiger partial charge is 0.463 e. The average molecular weight is 335 g/mol. The van der Waals surface area contributed by atoms with Crippen molar-refractivity contribution in [3.63, 3.8) is 0 Å². The van der Waals surface area contributed by atoms with E-state index in [0.717, 1.165) is 31.3 Å². The van der Waals surface area contributed by atoms with Gasteiger partial charge in [-0.2, -0.15) is 0 Å². The number of aliphatic hydroxyl groups is 1. The minimum Gasteiger partial charge on any atom is -0.463 e. The van der Waals surface area contributed by atoms with E-state index in [-0.39, 0.29) is 11.4 Å². The first-order chi connectivity index (χ1) is 11.2. The number of carbonyl (C=O) groups is 1. The van der Waals surface area contributed by atoms with Crippen LogP contribution < -0.4 is 0 Å². The molecule has 4 unspecified atom stereocenters. The van der Waals surface area contributed by atoms with Gasteiger partial charge in [-0.3, -0.25) is 0 Å². The van der Waals surface area contributed by atoms with Crippen LogP contribution in [-0.2, 0) is 9.53 Å². The van der Waals surface area contributed by atoms with Crippen molar-refractivity contribution >= 4 is 5.97 Å². The lowest BCUT2D eigenvalue weighted by atomic mass is 9.43. The highest BCUT2D eigenvalue weighted by atomic mass is 16.5. The molecule has 4 atom stereocenters. The van der Waals surface area contributed by atoms with Gasteiger partial charge in [-0.1, -0.05) is 32.8 Å². The maximum Gasteiger partial charge on any atom is 0.330 e.